The van der Waals surface area contributed by atoms with Gasteiger partial charge >= 0.3 is 0 Å². The predicted octanol–water partition coefficient (Wildman–Crippen LogP) is 1.84. The van der Waals surface area contributed by atoms with Crippen molar-refractivity contribution in [2.45, 2.75) is 44.0 Å². The maximum atomic E-state index is 12.7. The molecule has 2 heterocycles. The normalized spacial score (nSPS) is 23.7. The average Bonchev–Trinajstić information content (AvgIpc) is 3.38. The van der Waals surface area contributed by atoms with E-state index < -0.39 is 10.0 Å². The fourth-order valence-electron chi connectivity index (χ4n) is 3.75. The van der Waals surface area contributed by atoms with Crippen LogP contribution < -0.4 is 10.0 Å². The molecule has 7 nitrogen and oxygen atoms in total. The monoisotopic (exact) mass is 388 g/mol. The molecule has 1 saturated carbocycles. The van der Waals surface area contributed by atoms with Crippen molar-refractivity contribution in [3.63, 3.8) is 0 Å². The van der Waals surface area contributed by atoms with E-state index in [0.29, 0.717) is 13.2 Å². The van der Waals surface area contributed by atoms with Crippen LogP contribution in [0.25, 0.3) is 0 Å². The Bertz CT molecular complexity index is 963. The molecule has 1 aromatic rings. The zero-order valence-electron chi connectivity index (χ0n) is 15.6. The number of benzene rings is 1. The molecule has 1 fully saturated rings. The molecule has 4 rings (SSSR count). The summed E-state index contributed by atoms with van der Waals surface area (Å²) >= 11 is 0. The van der Waals surface area contributed by atoms with E-state index >= 15 is 0 Å². The fraction of sp³-hybridized carbons (Fsp3) is 0.474. The zero-order chi connectivity index (χ0) is 19.4. The smallest absolute Gasteiger partial charge is 0.238 e. The summed E-state index contributed by atoms with van der Waals surface area (Å²) in [4.78, 5) is 21.2. The third-order valence-electron chi connectivity index (χ3n) is 5.73. The molecule has 1 amide bonds. The Balaban J connectivity index is 1.60. The second-order valence-corrected chi connectivity index (χ2v) is 9.42. The molecule has 8 heteroatoms. The number of rotatable bonds is 3. The minimum Gasteiger partial charge on any atom is -0.336 e. The van der Waals surface area contributed by atoms with Crippen LogP contribution in [0.15, 0.2) is 39.9 Å². The number of anilines is 1. The second-order valence-electron chi connectivity index (χ2n) is 7.85. The van der Waals surface area contributed by atoms with Crippen LogP contribution in [0.5, 0.6) is 0 Å². The Morgan fingerprint density at radius 3 is 2.70 bits per heavy atom. The highest BCUT2D eigenvalue weighted by atomic mass is 32.2. The number of carbonyl (C=O) groups excluding carboxylic acids is 1. The first-order chi connectivity index (χ1) is 12.7. The summed E-state index contributed by atoms with van der Waals surface area (Å²) in [6, 6.07) is 4.87. The van der Waals surface area contributed by atoms with Crippen LogP contribution in [0.2, 0.25) is 0 Å². The summed E-state index contributed by atoms with van der Waals surface area (Å²) in [5.74, 6) is 0.250. The zero-order valence-corrected chi connectivity index (χ0v) is 16.4. The maximum absolute atomic E-state index is 12.7. The van der Waals surface area contributed by atoms with Crippen molar-refractivity contribution < 1.29 is 13.2 Å². The largest absolute Gasteiger partial charge is 0.336 e. The number of amides is 1. The minimum atomic E-state index is -3.75. The SMILES string of the molecule is CC1C=C(N2CN=Cc3cc(S(N)(=O)=O)ccc32)CCN1C(=O)C1(C)CC1. The Hall–Kier alpha value is -2.19. The highest BCUT2D eigenvalue weighted by molar-refractivity contribution is 7.89. The van der Waals surface area contributed by atoms with Gasteiger partial charge < -0.3 is 9.80 Å². The number of aliphatic imine (C=N–C) groups is 1. The van der Waals surface area contributed by atoms with E-state index in [9.17, 15) is 13.2 Å². The predicted molar refractivity (Wildman–Crippen MR) is 104 cm³/mol. The Labute approximate surface area is 159 Å². The van der Waals surface area contributed by atoms with E-state index in [4.69, 9.17) is 5.14 Å². The number of nitrogens with two attached hydrogens (primary N) is 1. The second kappa shape index (κ2) is 6.17. The van der Waals surface area contributed by atoms with Gasteiger partial charge in [-0.15, -0.1) is 0 Å². The number of nitrogens with zero attached hydrogens (tertiary/aromatic N) is 3. The van der Waals surface area contributed by atoms with Crippen molar-refractivity contribution in [2.24, 2.45) is 15.5 Å². The molecule has 1 aliphatic carbocycles. The molecular weight excluding hydrogens is 364 g/mol. The molecule has 3 aliphatic rings. The topological polar surface area (TPSA) is 96.1 Å². The molecule has 27 heavy (non-hydrogen) atoms. The number of hydrogen-bond donors (Lipinski definition) is 1. The van der Waals surface area contributed by atoms with Gasteiger partial charge in [0.15, 0.2) is 0 Å². The maximum Gasteiger partial charge on any atom is 0.238 e. The highest BCUT2D eigenvalue weighted by Crippen LogP contribution is 2.47. The van der Waals surface area contributed by atoms with Crippen LogP contribution in [-0.4, -0.2) is 44.7 Å². The van der Waals surface area contributed by atoms with Gasteiger partial charge in [-0.25, -0.2) is 13.6 Å². The summed E-state index contributed by atoms with van der Waals surface area (Å²) in [5, 5.41) is 5.23. The van der Waals surface area contributed by atoms with Crippen LogP contribution in [0.3, 0.4) is 0 Å². The molecular formula is C19H24N4O3S. The number of fused-ring (bicyclic) bond motifs is 1. The first-order valence-electron chi connectivity index (χ1n) is 9.15. The van der Waals surface area contributed by atoms with Crippen LogP contribution >= 0.6 is 0 Å². The summed E-state index contributed by atoms with van der Waals surface area (Å²) in [6.07, 6.45) is 6.50. The van der Waals surface area contributed by atoms with E-state index in [1.807, 2.05) is 18.7 Å². The molecule has 0 aromatic heterocycles. The van der Waals surface area contributed by atoms with Crippen LogP contribution in [0.4, 0.5) is 5.69 Å². The van der Waals surface area contributed by atoms with Crippen molar-refractivity contribution in [1.82, 2.24) is 4.90 Å². The number of hydrogen-bond acceptors (Lipinski definition) is 5. The van der Waals surface area contributed by atoms with Crippen molar-refractivity contribution in [3.8, 4) is 0 Å². The van der Waals surface area contributed by atoms with Gasteiger partial charge in [0.2, 0.25) is 15.9 Å². The lowest BCUT2D eigenvalue weighted by Crippen LogP contribution is -2.46. The lowest BCUT2D eigenvalue weighted by molar-refractivity contribution is -0.137. The van der Waals surface area contributed by atoms with Gasteiger partial charge in [-0.3, -0.25) is 9.79 Å². The Morgan fingerprint density at radius 1 is 1.33 bits per heavy atom. The first kappa shape index (κ1) is 18.2. The summed E-state index contributed by atoms with van der Waals surface area (Å²) in [6.45, 7) is 5.25. The summed E-state index contributed by atoms with van der Waals surface area (Å²) < 4.78 is 23.2. The van der Waals surface area contributed by atoms with Gasteiger partial charge in [-0.2, -0.15) is 0 Å². The van der Waals surface area contributed by atoms with Gasteiger partial charge in [0.1, 0.15) is 6.67 Å². The number of primary sulfonamides is 1. The molecule has 0 spiro atoms. The van der Waals surface area contributed by atoms with E-state index in [1.54, 1.807) is 18.3 Å². The highest BCUT2D eigenvalue weighted by Gasteiger charge is 2.48. The first-order valence-corrected chi connectivity index (χ1v) is 10.7. The number of carbonyl (C=O) groups is 1. The molecule has 1 atom stereocenters. The Morgan fingerprint density at radius 2 is 2.07 bits per heavy atom. The molecule has 1 unspecified atom stereocenters. The van der Waals surface area contributed by atoms with Gasteiger partial charge in [-0.05, 0) is 44.0 Å². The molecule has 144 valence electrons. The summed E-state index contributed by atoms with van der Waals surface area (Å²) in [7, 11) is -3.75. The lowest BCUT2D eigenvalue weighted by atomic mass is 10.0. The fourth-order valence-corrected chi connectivity index (χ4v) is 4.30. The molecule has 0 radical (unpaired) electrons. The minimum absolute atomic E-state index is 0.0247. The van der Waals surface area contributed by atoms with E-state index in [-0.39, 0.29) is 22.3 Å². The quantitative estimate of drug-likeness (QED) is 0.854. The van der Waals surface area contributed by atoms with Gasteiger partial charge in [0.05, 0.1) is 10.6 Å². The van der Waals surface area contributed by atoms with Crippen LogP contribution in [0.1, 0.15) is 38.7 Å². The summed E-state index contributed by atoms with van der Waals surface area (Å²) in [5.41, 5.74) is 2.58. The Kier molecular flexibility index (Phi) is 4.16. The molecule has 0 bridgehead atoms. The molecule has 1 aromatic carbocycles. The van der Waals surface area contributed by atoms with Gasteiger partial charge in [0.25, 0.3) is 0 Å². The van der Waals surface area contributed by atoms with Crippen LogP contribution in [0, 0.1) is 5.41 Å². The van der Waals surface area contributed by atoms with E-state index in [2.05, 4.69) is 16.0 Å². The van der Waals surface area contributed by atoms with Crippen LogP contribution in [-0.2, 0) is 14.8 Å². The van der Waals surface area contributed by atoms with Crippen molar-refractivity contribution in [2.75, 3.05) is 18.1 Å². The van der Waals surface area contributed by atoms with E-state index in [1.165, 1.54) is 6.07 Å². The average molecular weight is 388 g/mol. The van der Waals surface area contributed by atoms with Gasteiger partial charge in [-0.1, -0.05) is 6.92 Å². The third-order valence-corrected chi connectivity index (χ3v) is 6.64. The standard InChI is InChI=1S/C19H24N4O3S/c1-13-9-15(5-8-22(13)18(24)19(2)6-7-19)23-12-21-11-14-10-16(27(20,25)26)3-4-17(14)23/h3-4,9-11,13H,5-8,12H2,1-2H3,(H2,20,25,26). The van der Waals surface area contributed by atoms with Gasteiger partial charge in [0, 0.05) is 41.9 Å². The lowest BCUT2D eigenvalue weighted by Gasteiger charge is -2.38. The number of sulfonamides is 1. The molecule has 2 N–H and O–H groups in total. The third kappa shape index (κ3) is 3.27. The molecule has 0 saturated heterocycles. The van der Waals surface area contributed by atoms with Crippen molar-refractivity contribution in [3.05, 3.63) is 35.5 Å². The van der Waals surface area contributed by atoms with E-state index in [0.717, 1.165) is 36.2 Å². The van der Waals surface area contributed by atoms with Crippen molar-refractivity contribution in [1.29, 1.82) is 0 Å². The van der Waals surface area contributed by atoms with Crippen molar-refractivity contribution >= 4 is 27.8 Å². The molecule has 2 aliphatic heterocycles.